The number of likely N-dealkylation sites (tertiary alicyclic amines) is 1. The van der Waals surface area contributed by atoms with Gasteiger partial charge in [-0.3, -0.25) is 29.0 Å². The SMILES string of the molecule is COc1cc2c(Oc3ccc(NC(=O)C4(C(=O)Nc5ccc(F)cc5)CC4)cc3)ccnc2cc1N1CCC(n2cc(CCCCCCC(=O)N[C@H](C(=O)N3C[C@H](O)C[C@H]3C(=O)NCc3ccc(-c4scnc4C)cc3)C(C)(C)C)nn2)CC1. The number of aryl methyl sites for hydroxylation is 2. The average Bonchev–Trinajstić information content (AvgIpc) is 2.62. The van der Waals surface area contributed by atoms with E-state index in [0.29, 0.717) is 47.9 Å². The van der Waals surface area contributed by atoms with Gasteiger partial charge < -0.3 is 45.6 Å². The number of aromatic nitrogens is 5. The average molecular weight is 1160 g/mol. The molecule has 2 aliphatic heterocycles. The van der Waals surface area contributed by atoms with E-state index in [1.54, 1.807) is 55.0 Å². The molecule has 84 heavy (non-hydrogen) atoms. The van der Waals surface area contributed by atoms with Gasteiger partial charge in [0, 0.05) is 68.2 Å². The van der Waals surface area contributed by atoms with Crippen LogP contribution in [0.15, 0.2) is 109 Å². The Morgan fingerprint density at radius 2 is 1.55 bits per heavy atom. The van der Waals surface area contributed by atoms with E-state index in [-0.39, 0.29) is 49.7 Å². The second-order valence-corrected chi connectivity index (χ2v) is 24.1. The molecule has 3 aliphatic rings. The highest BCUT2D eigenvalue weighted by Gasteiger charge is 2.56. The largest absolute Gasteiger partial charge is 0.495 e. The number of hydrogen-bond acceptors (Lipinski definition) is 14. The molecule has 440 valence electrons. The van der Waals surface area contributed by atoms with Gasteiger partial charge in [-0.25, -0.2) is 14.1 Å². The molecule has 3 atom stereocenters. The van der Waals surface area contributed by atoms with E-state index in [1.807, 2.05) is 80.5 Å². The number of anilines is 3. The molecule has 7 aromatic rings. The van der Waals surface area contributed by atoms with Crippen LogP contribution >= 0.6 is 11.3 Å². The Balaban J connectivity index is 0.647. The molecule has 3 fully saturated rings. The first-order chi connectivity index (χ1) is 40.4. The van der Waals surface area contributed by atoms with E-state index < -0.39 is 46.6 Å². The number of aliphatic hydroxyl groups is 1. The Morgan fingerprint density at radius 1 is 0.857 bits per heavy atom. The minimum Gasteiger partial charge on any atom is -0.495 e. The Kier molecular flexibility index (Phi) is 18.0. The van der Waals surface area contributed by atoms with Crippen molar-refractivity contribution in [3.8, 4) is 27.7 Å². The van der Waals surface area contributed by atoms with E-state index in [9.17, 15) is 33.5 Å². The molecule has 1 aliphatic carbocycles. The summed E-state index contributed by atoms with van der Waals surface area (Å²) in [6.07, 6.45) is 9.84. The molecular weight excluding hydrogens is 1090 g/mol. The number of piperidine rings is 1. The summed E-state index contributed by atoms with van der Waals surface area (Å²) in [5.74, 6) is -0.396. The second-order valence-electron chi connectivity index (χ2n) is 23.2. The third-order valence-corrected chi connectivity index (χ3v) is 17.1. The van der Waals surface area contributed by atoms with Crippen LogP contribution in [0, 0.1) is 23.6 Å². The summed E-state index contributed by atoms with van der Waals surface area (Å²) < 4.78 is 27.6. The number of carbonyl (C=O) groups is 5. The first-order valence-electron chi connectivity index (χ1n) is 28.8. The van der Waals surface area contributed by atoms with E-state index in [2.05, 4.69) is 46.4 Å². The highest BCUT2D eigenvalue weighted by atomic mass is 32.1. The van der Waals surface area contributed by atoms with E-state index in [0.717, 1.165) is 95.6 Å². The van der Waals surface area contributed by atoms with Crippen LogP contribution in [0.4, 0.5) is 21.5 Å². The fourth-order valence-electron chi connectivity index (χ4n) is 11.0. The molecule has 0 spiro atoms. The number of nitrogens with zero attached hydrogens (tertiary/aromatic N) is 7. The fraction of sp³-hybridized carbons (Fsp3) is 0.413. The van der Waals surface area contributed by atoms with Gasteiger partial charge in [-0.15, -0.1) is 16.4 Å². The van der Waals surface area contributed by atoms with Crippen molar-refractivity contribution in [2.75, 3.05) is 42.3 Å². The van der Waals surface area contributed by atoms with Gasteiger partial charge in [0.25, 0.3) is 0 Å². The van der Waals surface area contributed by atoms with Crippen molar-refractivity contribution < 1.29 is 42.9 Å². The number of unbranched alkanes of at least 4 members (excludes halogenated alkanes) is 3. The van der Waals surface area contributed by atoms with Crippen molar-refractivity contribution in [3.05, 3.63) is 132 Å². The minimum absolute atomic E-state index is 0.0129. The number of carbonyl (C=O) groups excluding carboxylic acids is 5. The number of fused-ring (bicyclic) bond motifs is 1. The number of β-amino-alcohol motifs (C(OH)–C–C–N with tert-alkyl or cyclic N) is 1. The third-order valence-electron chi connectivity index (χ3n) is 16.1. The Morgan fingerprint density at radius 3 is 2.20 bits per heavy atom. The van der Waals surface area contributed by atoms with Gasteiger partial charge in [0.05, 0.1) is 52.2 Å². The lowest BCUT2D eigenvalue weighted by Gasteiger charge is -2.35. The number of benzene rings is 4. The lowest BCUT2D eigenvalue weighted by Crippen LogP contribution is -2.57. The summed E-state index contributed by atoms with van der Waals surface area (Å²) in [4.78, 5) is 81.2. The summed E-state index contributed by atoms with van der Waals surface area (Å²) in [6, 6.07) is 24.5. The number of ether oxygens (including phenoxy) is 2. The molecule has 4 aromatic carbocycles. The van der Waals surface area contributed by atoms with Crippen molar-refractivity contribution in [1.82, 2.24) is 40.5 Å². The van der Waals surface area contributed by atoms with Crippen LogP contribution in [0.1, 0.15) is 108 Å². The zero-order chi connectivity index (χ0) is 59.1. The maximum Gasteiger partial charge on any atom is 0.246 e. The maximum atomic E-state index is 14.1. The first-order valence-corrected chi connectivity index (χ1v) is 29.7. The van der Waals surface area contributed by atoms with Crippen LogP contribution in [0.3, 0.4) is 0 Å². The zero-order valence-corrected chi connectivity index (χ0v) is 48.8. The smallest absolute Gasteiger partial charge is 0.246 e. The number of amides is 5. The van der Waals surface area contributed by atoms with Crippen molar-refractivity contribution in [1.29, 1.82) is 0 Å². The number of rotatable bonds is 22. The Labute approximate surface area is 491 Å². The number of aliphatic hydroxyl groups excluding tert-OH is 1. The quantitative estimate of drug-likeness (QED) is 0.0314. The highest BCUT2D eigenvalue weighted by Crippen LogP contribution is 2.48. The van der Waals surface area contributed by atoms with E-state index in [1.165, 1.54) is 29.2 Å². The molecule has 2 saturated heterocycles. The number of hydrogen-bond donors (Lipinski definition) is 5. The van der Waals surface area contributed by atoms with Gasteiger partial charge in [-0.05, 0) is 135 Å². The fourth-order valence-corrected chi connectivity index (χ4v) is 11.8. The number of methoxy groups -OCH3 is 1. The molecule has 5 heterocycles. The second kappa shape index (κ2) is 25.7. The lowest BCUT2D eigenvalue weighted by molar-refractivity contribution is -0.144. The van der Waals surface area contributed by atoms with Crippen LogP contribution < -0.4 is 35.6 Å². The Hall–Kier alpha value is -8.30. The van der Waals surface area contributed by atoms with Gasteiger partial charge in [0.2, 0.25) is 29.5 Å². The Bertz CT molecular complexity index is 3480. The highest BCUT2D eigenvalue weighted by molar-refractivity contribution is 7.13. The predicted molar refractivity (Wildman–Crippen MR) is 319 cm³/mol. The van der Waals surface area contributed by atoms with Gasteiger partial charge in [-0.2, -0.15) is 0 Å². The van der Waals surface area contributed by atoms with Crippen LogP contribution in [0.2, 0.25) is 0 Å². The van der Waals surface area contributed by atoms with Crippen molar-refractivity contribution in [2.24, 2.45) is 10.8 Å². The first kappa shape index (κ1) is 58.9. The summed E-state index contributed by atoms with van der Waals surface area (Å²) in [5.41, 5.74) is 6.44. The molecule has 19 nitrogen and oxygen atoms in total. The van der Waals surface area contributed by atoms with Crippen molar-refractivity contribution in [3.63, 3.8) is 0 Å². The summed E-state index contributed by atoms with van der Waals surface area (Å²) in [6.45, 7) is 9.44. The number of pyridine rings is 1. The van der Waals surface area contributed by atoms with Crippen LogP contribution in [-0.2, 0) is 36.9 Å². The molecule has 5 N–H and O–H groups in total. The normalized spacial score (nSPS) is 17.1. The zero-order valence-electron chi connectivity index (χ0n) is 48.0. The molecule has 1 saturated carbocycles. The van der Waals surface area contributed by atoms with Gasteiger partial charge >= 0.3 is 0 Å². The van der Waals surface area contributed by atoms with Crippen molar-refractivity contribution in [2.45, 2.75) is 129 Å². The molecule has 3 aromatic heterocycles. The molecular formula is C63H72FN11O8S. The molecule has 10 rings (SSSR count). The molecule has 0 radical (unpaired) electrons. The predicted octanol–water partition coefficient (Wildman–Crippen LogP) is 9.70. The maximum absolute atomic E-state index is 14.1. The lowest BCUT2D eigenvalue weighted by atomic mass is 9.85. The number of thiazole rings is 1. The van der Waals surface area contributed by atoms with Gasteiger partial charge in [0.1, 0.15) is 40.6 Å². The van der Waals surface area contributed by atoms with E-state index in [4.69, 9.17) is 9.47 Å². The third kappa shape index (κ3) is 13.9. The molecule has 21 heteroatoms. The van der Waals surface area contributed by atoms with Crippen LogP contribution in [-0.4, -0.2) is 109 Å². The van der Waals surface area contributed by atoms with E-state index >= 15 is 0 Å². The van der Waals surface area contributed by atoms with Crippen molar-refractivity contribution >= 4 is 68.8 Å². The van der Waals surface area contributed by atoms with Crippen LogP contribution in [0.5, 0.6) is 17.2 Å². The van der Waals surface area contributed by atoms with Gasteiger partial charge in [-0.1, -0.05) is 63.1 Å². The number of nitrogens with one attached hydrogen (secondary N) is 4. The monoisotopic (exact) mass is 1160 g/mol. The van der Waals surface area contributed by atoms with Gasteiger partial charge in [0.15, 0.2) is 0 Å². The number of halogens is 1. The minimum atomic E-state index is -1.19. The summed E-state index contributed by atoms with van der Waals surface area (Å²) >= 11 is 1.58. The summed E-state index contributed by atoms with van der Waals surface area (Å²) in [7, 11) is 1.65. The summed E-state index contributed by atoms with van der Waals surface area (Å²) in [5, 5.41) is 32.0. The van der Waals surface area contributed by atoms with Crippen LogP contribution in [0.25, 0.3) is 21.3 Å². The molecule has 5 amide bonds. The molecule has 0 unspecified atom stereocenters. The molecule has 0 bridgehead atoms. The standard InChI is InChI=1S/C63H72FN11O8S/c1-39-56(84-38-67-39)41-14-12-40(13-15-41)35-66-58(78)52-32-47(76)37-74(52)59(79)57(62(2,3)4)70-55(77)11-9-7-6-8-10-45-36-75(72-71-45)46-25-30-73(31-26-46)51-34-50-49(33-54(51)82-5)53(24-29-65-50)83-48-22-20-44(21-23-48)69-61(81)63(27-28-63)60(80)68-43-18-16-42(64)17-19-43/h12-24,29,33-34,36,38,46-47,52,57,76H,6-11,25-28,30-32,35,37H2,1-5H3,(H,66,78)(H,68,80)(H,69,81)(H,70,77)/t47-,52+,57-/m1/s1. The topological polar surface area (TPSA) is 235 Å².